The number of amides is 1. The third-order valence-corrected chi connectivity index (χ3v) is 4.17. The fraction of sp³-hybridized carbons (Fsp3) is 0.375. The van der Waals surface area contributed by atoms with E-state index >= 15 is 0 Å². The SMILES string of the molecule is CCN(CC(C)(C)O)C(=O)c1csc(-c2cccc(Cl)c2)n1. The number of halogens is 1. The van der Waals surface area contributed by atoms with Crippen LogP contribution < -0.4 is 0 Å². The number of aromatic nitrogens is 1. The van der Waals surface area contributed by atoms with Crippen LogP contribution in [0.4, 0.5) is 0 Å². The van der Waals surface area contributed by atoms with Crippen LogP contribution in [0.1, 0.15) is 31.3 Å². The first-order valence-electron chi connectivity index (χ1n) is 7.03. The van der Waals surface area contributed by atoms with Crippen molar-refractivity contribution < 1.29 is 9.90 Å². The number of carbonyl (C=O) groups is 1. The summed E-state index contributed by atoms with van der Waals surface area (Å²) in [6, 6.07) is 7.39. The molecule has 1 heterocycles. The minimum atomic E-state index is -0.933. The monoisotopic (exact) mass is 338 g/mol. The van der Waals surface area contributed by atoms with Gasteiger partial charge in [0.1, 0.15) is 10.7 Å². The molecule has 0 saturated heterocycles. The zero-order valence-electron chi connectivity index (χ0n) is 12.8. The van der Waals surface area contributed by atoms with Crippen molar-refractivity contribution in [3.63, 3.8) is 0 Å². The van der Waals surface area contributed by atoms with Gasteiger partial charge < -0.3 is 10.0 Å². The fourth-order valence-electron chi connectivity index (χ4n) is 2.08. The highest BCUT2D eigenvalue weighted by molar-refractivity contribution is 7.13. The number of carbonyl (C=O) groups excluding carboxylic acids is 1. The van der Waals surface area contributed by atoms with Crippen molar-refractivity contribution in [2.24, 2.45) is 0 Å². The lowest BCUT2D eigenvalue weighted by Crippen LogP contribution is -2.42. The average molecular weight is 339 g/mol. The molecule has 0 saturated carbocycles. The molecule has 1 aromatic heterocycles. The van der Waals surface area contributed by atoms with Crippen LogP contribution in [0.2, 0.25) is 5.02 Å². The molecule has 0 unspecified atom stereocenters. The number of likely N-dealkylation sites (N-methyl/N-ethyl adjacent to an activating group) is 1. The van der Waals surface area contributed by atoms with Gasteiger partial charge in [-0.15, -0.1) is 11.3 Å². The Morgan fingerprint density at radius 1 is 1.45 bits per heavy atom. The summed E-state index contributed by atoms with van der Waals surface area (Å²) in [7, 11) is 0. The summed E-state index contributed by atoms with van der Waals surface area (Å²) in [6.07, 6.45) is 0. The highest BCUT2D eigenvalue weighted by Gasteiger charge is 2.24. The van der Waals surface area contributed by atoms with Crippen LogP contribution in [0, 0.1) is 0 Å². The Bertz CT molecular complexity index is 664. The maximum atomic E-state index is 12.5. The molecule has 0 atom stereocenters. The number of hydrogen-bond donors (Lipinski definition) is 1. The van der Waals surface area contributed by atoms with E-state index in [0.717, 1.165) is 10.6 Å². The first kappa shape index (κ1) is 16.9. The smallest absolute Gasteiger partial charge is 0.273 e. The molecule has 1 amide bonds. The first-order chi connectivity index (χ1) is 10.3. The van der Waals surface area contributed by atoms with Crippen LogP contribution in [0.25, 0.3) is 10.6 Å². The average Bonchev–Trinajstić information content (AvgIpc) is 2.93. The highest BCUT2D eigenvalue weighted by Crippen LogP contribution is 2.26. The van der Waals surface area contributed by atoms with Crippen LogP contribution >= 0.6 is 22.9 Å². The molecule has 1 aromatic carbocycles. The van der Waals surface area contributed by atoms with Crippen molar-refractivity contribution in [2.45, 2.75) is 26.4 Å². The van der Waals surface area contributed by atoms with Crippen molar-refractivity contribution in [2.75, 3.05) is 13.1 Å². The van der Waals surface area contributed by atoms with Crippen molar-refractivity contribution in [3.05, 3.63) is 40.4 Å². The molecule has 4 nitrogen and oxygen atoms in total. The lowest BCUT2D eigenvalue weighted by molar-refractivity contribution is 0.0312. The zero-order chi connectivity index (χ0) is 16.3. The molecule has 2 aromatic rings. The van der Waals surface area contributed by atoms with E-state index in [9.17, 15) is 9.90 Å². The third-order valence-electron chi connectivity index (χ3n) is 3.04. The molecule has 0 spiro atoms. The second-order valence-electron chi connectivity index (χ2n) is 5.68. The van der Waals surface area contributed by atoms with E-state index in [1.807, 2.05) is 25.1 Å². The molecule has 2 rings (SSSR count). The lowest BCUT2D eigenvalue weighted by Gasteiger charge is -2.27. The Morgan fingerprint density at radius 3 is 2.77 bits per heavy atom. The largest absolute Gasteiger partial charge is 0.389 e. The maximum Gasteiger partial charge on any atom is 0.273 e. The molecular formula is C16H19ClN2O2S. The molecule has 0 fully saturated rings. The summed E-state index contributed by atoms with van der Waals surface area (Å²) in [4.78, 5) is 18.5. The topological polar surface area (TPSA) is 53.4 Å². The van der Waals surface area contributed by atoms with Crippen molar-refractivity contribution >= 4 is 28.8 Å². The fourth-order valence-corrected chi connectivity index (χ4v) is 3.06. The lowest BCUT2D eigenvalue weighted by atomic mass is 10.1. The maximum absolute atomic E-state index is 12.5. The standard InChI is InChI=1S/C16H19ClN2O2S/c1-4-19(10-16(2,3)21)15(20)13-9-22-14(18-13)11-6-5-7-12(17)8-11/h5-9,21H,4,10H2,1-3H3. The summed E-state index contributed by atoms with van der Waals surface area (Å²) in [5.41, 5.74) is 0.352. The van der Waals surface area contributed by atoms with E-state index in [1.165, 1.54) is 11.3 Å². The van der Waals surface area contributed by atoms with Crippen LogP contribution in [0.15, 0.2) is 29.6 Å². The second-order valence-corrected chi connectivity index (χ2v) is 6.97. The molecule has 1 N–H and O–H groups in total. The molecular weight excluding hydrogens is 320 g/mol. The molecule has 118 valence electrons. The highest BCUT2D eigenvalue weighted by atomic mass is 35.5. The zero-order valence-corrected chi connectivity index (χ0v) is 14.4. The van der Waals surface area contributed by atoms with E-state index < -0.39 is 5.60 Å². The van der Waals surface area contributed by atoms with Gasteiger partial charge in [0.15, 0.2) is 0 Å². The summed E-state index contributed by atoms with van der Waals surface area (Å²) in [6.45, 7) is 6.04. The van der Waals surface area contributed by atoms with Crippen molar-refractivity contribution in [1.29, 1.82) is 0 Å². The van der Waals surface area contributed by atoms with E-state index in [-0.39, 0.29) is 12.5 Å². The number of hydrogen-bond acceptors (Lipinski definition) is 4. The molecule has 6 heteroatoms. The predicted octanol–water partition coefficient (Wildman–Crippen LogP) is 3.70. The quantitative estimate of drug-likeness (QED) is 0.904. The molecule has 0 bridgehead atoms. The van der Waals surface area contributed by atoms with Gasteiger partial charge in [-0.2, -0.15) is 0 Å². The minimum Gasteiger partial charge on any atom is -0.389 e. The molecule has 22 heavy (non-hydrogen) atoms. The third kappa shape index (κ3) is 4.29. The van der Waals surface area contributed by atoms with Crippen LogP contribution in [-0.4, -0.2) is 39.6 Å². The summed E-state index contributed by atoms with van der Waals surface area (Å²) < 4.78 is 0. The first-order valence-corrected chi connectivity index (χ1v) is 8.29. The Kier molecular flexibility index (Phi) is 5.21. The van der Waals surface area contributed by atoms with Crippen molar-refractivity contribution in [3.8, 4) is 10.6 Å². The predicted molar refractivity (Wildman–Crippen MR) is 90.4 cm³/mol. The van der Waals surface area contributed by atoms with Gasteiger partial charge in [0.2, 0.25) is 0 Å². The van der Waals surface area contributed by atoms with E-state index in [4.69, 9.17) is 11.6 Å². The Labute approximate surface area is 139 Å². The van der Waals surface area contributed by atoms with E-state index in [1.54, 1.807) is 30.2 Å². The Morgan fingerprint density at radius 2 is 2.18 bits per heavy atom. The summed E-state index contributed by atoms with van der Waals surface area (Å²) >= 11 is 7.39. The molecule has 0 aliphatic rings. The summed E-state index contributed by atoms with van der Waals surface area (Å²) in [5, 5.41) is 13.0. The number of rotatable bonds is 5. The van der Waals surface area contributed by atoms with Gasteiger partial charge in [-0.3, -0.25) is 4.79 Å². The number of thiazole rings is 1. The molecule has 0 aliphatic carbocycles. The van der Waals surface area contributed by atoms with Crippen LogP contribution in [0.5, 0.6) is 0 Å². The van der Waals surface area contributed by atoms with Gasteiger partial charge in [-0.05, 0) is 32.9 Å². The van der Waals surface area contributed by atoms with Gasteiger partial charge in [0, 0.05) is 29.1 Å². The molecule has 0 aliphatic heterocycles. The molecule has 0 radical (unpaired) electrons. The van der Waals surface area contributed by atoms with Gasteiger partial charge >= 0.3 is 0 Å². The van der Waals surface area contributed by atoms with Gasteiger partial charge in [-0.1, -0.05) is 23.7 Å². The number of aliphatic hydroxyl groups is 1. The minimum absolute atomic E-state index is 0.172. The van der Waals surface area contributed by atoms with Crippen LogP contribution in [-0.2, 0) is 0 Å². The van der Waals surface area contributed by atoms with Crippen LogP contribution in [0.3, 0.4) is 0 Å². The Hall–Kier alpha value is -1.43. The van der Waals surface area contributed by atoms with Gasteiger partial charge in [0.05, 0.1) is 5.60 Å². The Balaban J connectivity index is 2.21. The normalized spacial score (nSPS) is 11.5. The van der Waals surface area contributed by atoms with Crippen molar-refractivity contribution in [1.82, 2.24) is 9.88 Å². The van der Waals surface area contributed by atoms with E-state index in [2.05, 4.69) is 4.98 Å². The number of benzene rings is 1. The van der Waals surface area contributed by atoms with E-state index in [0.29, 0.717) is 17.3 Å². The second kappa shape index (κ2) is 6.77. The summed E-state index contributed by atoms with van der Waals surface area (Å²) in [5.74, 6) is -0.172. The van der Waals surface area contributed by atoms with Gasteiger partial charge in [0.25, 0.3) is 5.91 Å². The number of nitrogens with zero attached hydrogens (tertiary/aromatic N) is 2. The van der Waals surface area contributed by atoms with Gasteiger partial charge in [-0.25, -0.2) is 4.98 Å².